The molecule has 0 bridgehead atoms. The summed E-state index contributed by atoms with van der Waals surface area (Å²) in [5.41, 5.74) is 2.89. The van der Waals surface area contributed by atoms with E-state index in [2.05, 4.69) is 4.98 Å². The lowest BCUT2D eigenvalue weighted by molar-refractivity contribution is 0.102. The summed E-state index contributed by atoms with van der Waals surface area (Å²) in [5, 5.41) is 0. The molecular formula is C17H14FNO2. The fourth-order valence-electron chi connectivity index (χ4n) is 2.47. The van der Waals surface area contributed by atoms with Gasteiger partial charge >= 0.3 is 0 Å². The number of aromatic nitrogens is 1. The number of hydrogen-bond donors (Lipinski definition) is 0. The Kier molecular flexibility index (Phi) is 3.52. The van der Waals surface area contributed by atoms with Crippen LogP contribution in [0.4, 0.5) is 4.39 Å². The molecule has 21 heavy (non-hydrogen) atoms. The highest BCUT2D eigenvalue weighted by atomic mass is 19.1. The first-order valence-electron chi connectivity index (χ1n) is 6.71. The van der Waals surface area contributed by atoms with E-state index in [1.165, 1.54) is 12.1 Å². The predicted octanol–water partition coefficient (Wildman–Crippen LogP) is 3.44. The van der Waals surface area contributed by atoms with Crippen LogP contribution < -0.4 is 4.74 Å². The number of ketones is 1. The third-order valence-corrected chi connectivity index (χ3v) is 3.58. The number of carbonyl (C=O) groups excluding carboxylic acids is 1. The van der Waals surface area contributed by atoms with Gasteiger partial charge in [0.1, 0.15) is 5.82 Å². The zero-order chi connectivity index (χ0) is 14.8. The molecule has 0 spiro atoms. The molecule has 1 aliphatic carbocycles. The van der Waals surface area contributed by atoms with Gasteiger partial charge in [0.25, 0.3) is 0 Å². The summed E-state index contributed by atoms with van der Waals surface area (Å²) in [6, 6.07) is 7.99. The van der Waals surface area contributed by atoms with Crippen LogP contribution in [0.5, 0.6) is 5.88 Å². The van der Waals surface area contributed by atoms with Gasteiger partial charge in [0.05, 0.1) is 7.11 Å². The van der Waals surface area contributed by atoms with Crippen LogP contribution in [0.3, 0.4) is 0 Å². The van der Waals surface area contributed by atoms with Crippen LogP contribution in [0.25, 0.3) is 6.08 Å². The van der Waals surface area contributed by atoms with Gasteiger partial charge in [-0.1, -0.05) is 6.07 Å². The summed E-state index contributed by atoms with van der Waals surface area (Å²) in [6.45, 7) is 0. The average Bonchev–Trinajstić information content (AvgIpc) is 2.51. The van der Waals surface area contributed by atoms with Gasteiger partial charge in [0, 0.05) is 23.4 Å². The van der Waals surface area contributed by atoms with Crippen LogP contribution in [0, 0.1) is 5.82 Å². The number of ether oxygens (including phenoxy) is 1. The number of benzene rings is 1. The van der Waals surface area contributed by atoms with E-state index in [9.17, 15) is 9.18 Å². The van der Waals surface area contributed by atoms with Crippen molar-refractivity contribution >= 4 is 11.9 Å². The van der Waals surface area contributed by atoms with Crippen molar-refractivity contribution in [2.24, 2.45) is 0 Å². The van der Waals surface area contributed by atoms with Crippen molar-refractivity contribution in [2.75, 3.05) is 7.11 Å². The monoisotopic (exact) mass is 283 g/mol. The topological polar surface area (TPSA) is 39.2 Å². The fraction of sp³-hybridized carbons (Fsp3) is 0.176. The number of pyridine rings is 1. The van der Waals surface area contributed by atoms with Gasteiger partial charge in [0.2, 0.25) is 5.88 Å². The average molecular weight is 283 g/mol. The van der Waals surface area contributed by atoms with Gasteiger partial charge in [-0.05, 0) is 48.2 Å². The van der Waals surface area contributed by atoms with Gasteiger partial charge in [0.15, 0.2) is 5.78 Å². The molecule has 106 valence electrons. The fourth-order valence-corrected chi connectivity index (χ4v) is 2.47. The van der Waals surface area contributed by atoms with E-state index in [4.69, 9.17) is 4.74 Å². The molecule has 0 fully saturated rings. The molecular weight excluding hydrogens is 269 g/mol. The second-order valence-corrected chi connectivity index (χ2v) is 4.93. The van der Waals surface area contributed by atoms with Crippen molar-refractivity contribution in [3.63, 3.8) is 0 Å². The van der Waals surface area contributed by atoms with Gasteiger partial charge in [-0.2, -0.15) is 0 Å². The summed E-state index contributed by atoms with van der Waals surface area (Å²) in [7, 11) is 1.55. The minimum Gasteiger partial charge on any atom is -0.481 e. The minimum atomic E-state index is -0.380. The molecule has 0 amide bonds. The molecule has 0 saturated heterocycles. The maximum atomic E-state index is 13.3. The predicted molar refractivity (Wildman–Crippen MR) is 77.8 cm³/mol. The van der Waals surface area contributed by atoms with Crippen molar-refractivity contribution in [1.29, 1.82) is 0 Å². The number of allylic oxidation sites excluding steroid dienone is 1. The lowest BCUT2D eigenvalue weighted by atomic mass is 9.86. The molecule has 0 unspecified atom stereocenters. The Morgan fingerprint density at radius 1 is 1.24 bits per heavy atom. The number of nitrogens with zero attached hydrogens (tertiary/aromatic N) is 1. The lowest BCUT2D eigenvalue weighted by Gasteiger charge is -2.17. The van der Waals surface area contributed by atoms with Crippen molar-refractivity contribution < 1.29 is 13.9 Å². The third kappa shape index (κ3) is 2.70. The first kappa shape index (κ1) is 13.5. The number of rotatable bonds is 2. The van der Waals surface area contributed by atoms with Crippen LogP contribution in [0.2, 0.25) is 0 Å². The molecule has 1 aliphatic rings. The minimum absolute atomic E-state index is 0.105. The van der Waals surface area contributed by atoms with Gasteiger partial charge < -0.3 is 4.74 Å². The number of Topliss-reactive ketones (excluding diaryl/α,β-unsaturated/α-hetero) is 1. The molecule has 3 rings (SSSR count). The lowest BCUT2D eigenvalue weighted by Crippen LogP contribution is -2.14. The van der Waals surface area contributed by atoms with E-state index < -0.39 is 0 Å². The standard InChI is InChI=1S/C17H14FNO2/c1-21-16-7-2-11(10-19-16)8-13-4-3-12-5-6-14(18)9-15(12)17(13)20/h2,5-10H,3-4H2,1H3/b13-8+. The highest BCUT2D eigenvalue weighted by molar-refractivity contribution is 6.13. The van der Waals surface area contributed by atoms with E-state index in [0.717, 1.165) is 17.5 Å². The molecule has 2 aromatic rings. The third-order valence-electron chi connectivity index (χ3n) is 3.58. The number of methoxy groups -OCH3 is 1. The molecule has 1 aromatic heterocycles. The van der Waals surface area contributed by atoms with Gasteiger partial charge in [-0.25, -0.2) is 9.37 Å². The number of halogens is 1. The largest absolute Gasteiger partial charge is 0.481 e. The summed E-state index contributed by atoms with van der Waals surface area (Å²) in [4.78, 5) is 16.5. The molecule has 0 saturated carbocycles. The van der Waals surface area contributed by atoms with Gasteiger partial charge in [-0.15, -0.1) is 0 Å². The highest BCUT2D eigenvalue weighted by Gasteiger charge is 2.22. The Labute approximate surface area is 122 Å². The smallest absolute Gasteiger partial charge is 0.212 e. The number of hydrogen-bond acceptors (Lipinski definition) is 3. The Hall–Kier alpha value is -2.49. The summed E-state index contributed by atoms with van der Waals surface area (Å²) >= 11 is 0. The van der Waals surface area contributed by atoms with Crippen LogP contribution in [-0.4, -0.2) is 17.9 Å². The maximum absolute atomic E-state index is 13.3. The number of carbonyl (C=O) groups is 1. The zero-order valence-corrected chi connectivity index (χ0v) is 11.6. The van der Waals surface area contributed by atoms with Crippen molar-refractivity contribution in [3.8, 4) is 5.88 Å². The van der Waals surface area contributed by atoms with Crippen LogP contribution >= 0.6 is 0 Å². The molecule has 0 atom stereocenters. The Bertz CT molecular complexity index is 720. The highest BCUT2D eigenvalue weighted by Crippen LogP contribution is 2.27. The first-order valence-corrected chi connectivity index (χ1v) is 6.71. The summed E-state index contributed by atoms with van der Waals surface area (Å²) in [6.07, 6.45) is 4.86. The summed E-state index contributed by atoms with van der Waals surface area (Å²) in [5.74, 6) is 0.0422. The molecule has 0 radical (unpaired) electrons. The SMILES string of the molecule is COc1ccc(/C=C2\CCc3ccc(F)cc3C2=O)cn1. The Morgan fingerprint density at radius 3 is 2.81 bits per heavy atom. The first-order chi connectivity index (χ1) is 10.2. The Morgan fingerprint density at radius 2 is 2.10 bits per heavy atom. The second kappa shape index (κ2) is 5.48. The van der Waals surface area contributed by atoms with E-state index in [-0.39, 0.29) is 11.6 Å². The number of aryl methyl sites for hydroxylation is 1. The van der Waals surface area contributed by atoms with Crippen LogP contribution in [0.15, 0.2) is 42.1 Å². The second-order valence-electron chi connectivity index (χ2n) is 4.93. The molecule has 3 nitrogen and oxygen atoms in total. The zero-order valence-electron chi connectivity index (χ0n) is 11.6. The molecule has 0 N–H and O–H groups in total. The van der Waals surface area contributed by atoms with Crippen LogP contribution in [0.1, 0.15) is 27.9 Å². The normalized spacial score (nSPS) is 15.9. The molecule has 4 heteroatoms. The van der Waals surface area contributed by atoms with E-state index in [0.29, 0.717) is 23.4 Å². The van der Waals surface area contributed by atoms with Gasteiger partial charge in [-0.3, -0.25) is 4.79 Å². The summed E-state index contributed by atoms with van der Waals surface area (Å²) < 4.78 is 18.3. The Balaban J connectivity index is 1.93. The van der Waals surface area contributed by atoms with E-state index >= 15 is 0 Å². The van der Waals surface area contributed by atoms with Crippen molar-refractivity contribution in [2.45, 2.75) is 12.8 Å². The molecule has 1 aromatic carbocycles. The van der Waals surface area contributed by atoms with Crippen LogP contribution in [-0.2, 0) is 6.42 Å². The quantitative estimate of drug-likeness (QED) is 0.792. The molecule has 0 aliphatic heterocycles. The van der Waals surface area contributed by atoms with Crippen molar-refractivity contribution in [3.05, 3.63) is 64.6 Å². The van der Waals surface area contributed by atoms with E-state index in [1.54, 1.807) is 25.4 Å². The van der Waals surface area contributed by atoms with Crippen molar-refractivity contribution in [1.82, 2.24) is 4.98 Å². The molecule has 1 heterocycles. The van der Waals surface area contributed by atoms with E-state index in [1.807, 2.05) is 12.1 Å². The number of fused-ring (bicyclic) bond motifs is 1. The maximum Gasteiger partial charge on any atom is 0.212 e.